The second-order valence-electron chi connectivity index (χ2n) is 3.53. The van der Waals surface area contributed by atoms with Crippen molar-refractivity contribution in [2.45, 2.75) is 11.8 Å². The van der Waals surface area contributed by atoms with E-state index in [1.54, 1.807) is 14.0 Å². The Labute approximate surface area is 109 Å². The van der Waals surface area contributed by atoms with Crippen molar-refractivity contribution >= 4 is 26.0 Å². The monoisotopic (exact) mass is 324 g/mol. The minimum atomic E-state index is -3.59. The number of aryl methyl sites for hydroxylation is 1. The molecule has 0 bridgehead atoms. The molecule has 1 rings (SSSR count). The molecule has 0 saturated carbocycles. The third-order valence-electron chi connectivity index (χ3n) is 2.17. The summed E-state index contributed by atoms with van der Waals surface area (Å²) in [5, 5.41) is 2.83. The molecular weight excluding hydrogens is 311 g/mol. The lowest BCUT2D eigenvalue weighted by Crippen LogP contribution is -2.31. The van der Waals surface area contributed by atoms with Crippen LogP contribution in [0, 0.1) is 12.7 Å². The van der Waals surface area contributed by atoms with E-state index in [2.05, 4.69) is 26.0 Å². The lowest BCUT2D eigenvalue weighted by molar-refractivity contribution is 0.577. The van der Waals surface area contributed by atoms with Crippen molar-refractivity contribution in [1.82, 2.24) is 10.0 Å². The van der Waals surface area contributed by atoms with Crippen molar-refractivity contribution < 1.29 is 12.8 Å². The van der Waals surface area contributed by atoms with Gasteiger partial charge in [-0.1, -0.05) is 0 Å². The summed E-state index contributed by atoms with van der Waals surface area (Å²) in [4.78, 5) is 0.0851. The molecule has 0 radical (unpaired) electrons. The third-order valence-corrected chi connectivity index (χ3v) is 4.39. The van der Waals surface area contributed by atoms with E-state index in [0.717, 1.165) is 0 Å². The van der Waals surface area contributed by atoms with Crippen molar-refractivity contribution in [2.24, 2.45) is 0 Å². The van der Waals surface area contributed by atoms with Crippen LogP contribution in [0.2, 0.25) is 0 Å². The van der Waals surface area contributed by atoms with Crippen molar-refractivity contribution in [3.63, 3.8) is 0 Å². The highest BCUT2D eigenvalue weighted by Gasteiger charge is 2.18. The van der Waals surface area contributed by atoms with Crippen LogP contribution < -0.4 is 10.0 Å². The Balaban J connectivity index is 3.03. The number of likely N-dealkylation sites (N-methyl/N-ethyl adjacent to an activating group) is 1. The lowest BCUT2D eigenvalue weighted by atomic mass is 10.2. The van der Waals surface area contributed by atoms with Crippen LogP contribution in [-0.2, 0) is 10.0 Å². The van der Waals surface area contributed by atoms with Gasteiger partial charge in [-0.2, -0.15) is 0 Å². The quantitative estimate of drug-likeness (QED) is 0.805. The summed E-state index contributed by atoms with van der Waals surface area (Å²) >= 11 is 2.97. The number of rotatable bonds is 5. The van der Waals surface area contributed by atoms with Gasteiger partial charge in [-0.05, 0) is 47.6 Å². The van der Waals surface area contributed by atoms with Gasteiger partial charge in [0.2, 0.25) is 10.0 Å². The molecule has 0 aliphatic carbocycles. The standard InChI is InChI=1S/C10H14BrFN2O2S/c1-7-5-9(12)8(11)6-10(7)17(15,16)14-4-3-13-2/h5-6,13-14H,3-4H2,1-2H3. The number of halogens is 2. The van der Waals surface area contributed by atoms with E-state index in [9.17, 15) is 12.8 Å². The number of benzene rings is 1. The van der Waals surface area contributed by atoms with Crippen LogP contribution in [-0.4, -0.2) is 28.6 Å². The van der Waals surface area contributed by atoms with Gasteiger partial charge in [-0.15, -0.1) is 0 Å². The largest absolute Gasteiger partial charge is 0.318 e. The summed E-state index contributed by atoms with van der Waals surface area (Å²) in [6.07, 6.45) is 0. The molecule has 0 aromatic heterocycles. The second-order valence-corrected chi connectivity index (χ2v) is 6.12. The first kappa shape index (κ1) is 14.6. The molecule has 17 heavy (non-hydrogen) atoms. The highest BCUT2D eigenvalue weighted by atomic mass is 79.9. The van der Waals surface area contributed by atoms with Crippen LogP contribution in [0.25, 0.3) is 0 Å². The van der Waals surface area contributed by atoms with Crippen LogP contribution in [0.5, 0.6) is 0 Å². The third kappa shape index (κ3) is 3.74. The van der Waals surface area contributed by atoms with E-state index in [1.807, 2.05) is 0 Å². The molecule has 0 fully saturated rings. The maximum Gasteiger partial charge on any atom is 0.240 e. The van der Waals surface area contributed by atoms with Crippen molar-refractivity contribution in [3.8, 4) is 0 Å². The number of sulfonamides is 1. The van der Waals surface area contributed by atoms with Crippen LogP contribution in [0.1, 0.15) is 5.56 Å². The Morgan fingerprint density at radius 2 is 2.00 bits per heavy atom. The molecular formula is C10H14BrFN2O2S. The van der Waals surface area contributed by atoms with E-state index in [-0.39, 0.29) is 15.9 Å². The molecule has 7 heteroatoms. The highest BCUT2D eigenvalue weighted by Crippen LogP contribution is 2.23. The Morgan fingerprint density at radius 3 is 2.59 bits per heavy atom. The van der Waals surface area contributed by atoms with Gasteiger partial charge in [-0.25, -0.2) is 17.5 Å². The first-order valence-corrected chi connectivity index (χ1v) is 7.26. The van der Waals surface area contributed by atoms with Gasteiger partial charge in [0.25, 0.3) is 0 Å². The summed E-state index contributed by atoms with van der Waals surface area (Å²) in [5.74, 6) is -0.475. The fraction of sp³-hybridized carbons (Fsp3) is 0.400. The smallest absolute Gasteiger partial charge is 0.240 e. The fourth-order valence-corrected chi connectivity index (χ4v) is 3.08. The van der Waals surface area contributed by atoms with Crippen LogP contribution in [0.3, 0.4) is 0 Å². The van der Waals surface area contributed by atoms with Gasteiger partial charge < -0.3 is 5.32 Å². The first-order chi connectivity index (χ1) is 7.88. The van der Waals surface area contributed by atoms with Gasteiger partial charge in [0.15, 0.2) is 0 Å². The zero-order valence-electron chi connectivity index (χ0n) is 9.55. The molecule has 4 nitrogen and oxygen atoms in total. The lowest BCUT2D eigenvalue weighted by Gasteiger charge is -2.10. The maximum atomic E-state index is 13.2. The minimum absolute atomic E-state index is 0.0851. The molecule has 96 valence electrons. The average Bonchev–Trinajstić information content (AvgIpc) is 2.23. The molecule has 0 heterocycles. The Hall–Kier alpha value is -0.500. The summed E-state index contributed by atoms with van der Waals surface area (Å²) in [6.45, 7) is 2.37. The van der Waals surface area contributed by atoms with Gasteiger partial charge in [-0.3, -0.25) is 0 Å². The molecule has 2 N–H and O–H groups in total. The Bertz CT molecular complexity index is 505. The minimum Gasteiger partial charge on any atom is -0.318 e. The molecule has 1 aromatic carbocycles. The molecule has 0 aliphatic rings. The van der Waals surface area contributed by atoms with E-state index >= 15 is 0 Å². The molecule has 1 aromatic rings. The average molecular weight is 325 g/mol. The van der Waals surface area contributed by atoms with Crippen molar-refractivity contribution in [1.29, 1.82) is 0 Å². The van der Waals surface area contributed by atoms with E-state index in [4.69, 9.17) is 0 Å². The van der Waals surface area contributed by atoms with E-state index < -0.39 is 15.8 Å². The van der Waals surface area contributed by atoms with Crippen molar-refractivity contribution in [2.75, 3.05) is 20.1 Å². The maximum absolute atomic E-state index is 13.2. The summed E-state index contributed by atoms with van der Waals surface area (Å²) in [6, 6.07) is 2.46. The van der Waals surface area contributed by atoms with Gasteiger partial charge in [0.05, 0.1) is 9.37 Å². The molecule has 0 spiro atoms. The fourth-order valence-electron chi connectivity index (χ4n) is 1.31. The van der Waals surface area contributed by atoms with Gasteiger partial charge in [0, 0.05) is 13.1 Å². The summed E-state index contributed by atoms with van der Waals surface area (Å²) in [7, 11) is -1.86. The number of hydrogen-bond acceptors (Lipinski definition) is 3. The second kappa shape index (κ2) is 5.90. The van der Waals surface area contributed by atoms with Gasteiger partial charge in [0.1, 0.15) is 5.82 Å². The Morgan fingerprint density at radius 1 is 1.35 bits per heavy atom. The molecule has 0 saturated heterocycles. The first-order valence-electron chi connectivity index (χ1n) is 4.98. The zero-order valence-corrected chi connectivity index (χ0v) is 12.0. The predicted molar refractivity (Wildman–Crippen MR) is 68.0 cm³/mol. The molecule has 0 unspecified atom stereocenters. The zero-order chi connectivity index (χ0) is 13.1. The van der Waals surface area contributed by atoms with Crippen LogP contribution in [0.4, 0.5) is 4.39 Å². The highest BCUT2D eigenvalue weighted by molar-refractivity contribution is 9.10. The summed E-state index contributed by atoms with van der Waals surface area (Å²) < 4.78 is 39.6. The van der Waals surface area contributed by atoms with E-state index in [1.165, 1.54) is 12.1 Å². The number of nitrogens with one attached hydrogen (secondary N) is 2. The Kier molecular flexibility index (Phi) is 5.05. The molecule has 0 atom stereocenters. The van der Waals surface area contributed by atoms with E-state index in [0.29, 0.717) is 12.1 Å². The van der Waals surface area contributed by atoms with Crippen LogP contribution >= 0.6 is 15.9 Å². The molecule has 0 aliphatic heterocycles. The summed E-state index contributed by atoms with van der Waals surface area (Å²) in [5.41, 5.74) is 0.377. The topological polar surface area (TPSA) is 58.2 Å². The van der Waals surface area contributed by atoms with Crippen LogP contribution in [0.15, 0.2) is 21.5 Å². The molecule has 0 amide bonds. The van der Waals surface area contributed by atoms with Crippen molar-refractivity contribution in [3.05, 3.63) is 28.0 Å². The predicted octanol–water partition coefficient (Wildman–Crippen LogP) is 1.39. The normalized spacial score (nSPS) is 11.8. The van der Waals surface area contributed by atoms with Gasteiger partial charge >= 0.3 is 0 Å². The SMILES string of the molecule is CNCCNS(=O)(=O)c1cc(Br)c(F)cc1C. The number of hydrogen-bond donors (Lipinski definition) is 2.